The Morgan fingerprint density at radius 1 is 1.65 bits per heavy atom. The Kier molecular flexibility index (Phi) is 4.47. The number of nitrogens with zero attached hydrogens (tertiary/aromatic N) is 2. The van der Waals surface area contributed by atoms with E-state index in [2.05, 4.69) is 4.98 Å². The molecule has 1 saturated heterocycles. The van der Waals surface area contributed by atoms with Gasteiger partial charge in [-0.15, -0.1) is 0 Å². The molecule has 1 aliphatic rings. The fourth-order valence-corrected chi connectivity index (χ4v) is 1.70. The first-order valence-corrected chi connectivity index (χ1v) is 4.91. The van der Waals surface area contributed by atoms with Crippen molar-refractivity contribution in [2.75, 3.05) is 12.3 Å². The summed E-state index contributed by atoms with van der Waals surface area (Å²) in [6, 6.07) is 1.48. The number of aliphatic hydroxyl groups excluding tert-OH is 2. The molecule has 2 rings (SSSR count). The van der Waals surface area contributed by atoms with Gasteiger partial charge in [0.2, 0.25) is 0 Å². The molecular weight excluding hydrogens is 250 g/mol. The summed E-state index contributed by atoms with van der Waals surface area (Å²) >= 11 is 0. The van der Waals surface area contributed by atoms with Crippen LogP contribution in [0.15, 0.2) is 17.1 Å². The Labute approximate surface area is 103 Å². The summed E-state index contributed by atoms with van der Waals surface area (Å²) in [5, 5.41) is 18.4. The summed E-state index contributed by atoms with van der Waals surface area (Å²) in [6.07, 6.45) is -0.333. The van der Waals surface area contributed by atoms with Gasteiger partial charge in [-0.3, -0.25) is 4.57 Å². The van der Waals surface area contributed by atoms with Gasteiger partial charge < -0.3 is 33.1 Å². The van der Waals surface area contributed by atoms with Gasteiger partial charge in [0.1, 0.15) is 18.1 Å². The van der Waals surface area contributed by atoms with E-state index in [1.54, 1.807) is 0 Å². The zero-order valence-corrected chi connectivity index (χ0v) is 9.62. The minimum absolute atomic E-state index is 0. The Balaban J connectivity index is 0.00000144. The summed E-state index contributed by atoms with van der Waals surface area (Å²) in [7, 11) is 0. The zero-order chi connectivity index (χ0) is 11.7. The Morgan fingerprint density at radius 3 is 2.88 bits per heavy atom. The van der Waals surface area contributed by atoms with Gasteiger partial charge in [-0.1, -0.05) is 0 Å². The highest BCUT2D eigenvalue weighted by Crippen LogP contribution is 2.27. The summed E-state index contributed by atoms with van der Waals surface area (Å²) < 4.78 is 6.56. The molecule has 3 unspecified atom stereocenters. The maximum Gasteiger partial charge on any atom is 0.351 e. The third-order valence-electron chi connectivity index (χ3n) is 2.55. The largest absolute Gasteiger partial charge is 1.00 e. The molecule has 0 bridgehead atoms. The van der Waals surface area contributed by atoms with Gasteiger partial charge in [-0.2, -0.15) is 4.98 Å². The van der Waals surface area contributed by atoms with Gasteiger partial charge in [0.25, 0.3) is 0 Å². The number of nitrogens with two attached hydrogens (primary N) is 1. The monoisotopic (exact) mass is 262 g/mol. The third-order valence-corrected chi connectivity index (χ3v) is 2.55. The van der Waals surface area contributed by atoms with E-state index in [4.69, 9.17) is 15.6 Å². The first-order valence-electron chi connectivity index (χ1n) is 4.91. The van der Waals surface area contributed by atoms with E-state index in [1.807, 2.05) is 0 Å². The van der Waals surface area contributed by atoms with Gasteiger partial charge in [0, 0.05) is 12.6 Å². The molecule has 17 heavy (non-hydrogen) atoms. The maximum absolute atomic E-state index is 11.5. The second-order valence-corrected chi connectivity index (χ2v) is 3.66. The van der Waals surface area contributed by atoms with Crippen molar-refractivity contribution in [3.63, 3.8) is 0 Å². The predicted molar refractivity (Wildman–Crippen MR) is 54.5 cm³/mol. The smallest absolute Gasteiger partial charge is 0.351 e. The van der Waals surface area contributed by atoms with E-state index in [1.165, 1.54) is 16.8 Å². The van der Waals surface area contributed by atoms with Crippen molar-refractivity contribution < 1.29 is 27.4 Å². The van der Waals surface area contributed by atoms with Crippen LogP contribution in [-0.4, -0.2) is 38.6 Å². The number of nitrogen functional groups attached to an aromatic ring is 1. The van der Waals surface area contributed by atoms with Crippen LogP contribution in [0.1, 0.15) is 12.6 Å². The van der Waals surface area contributed by atoms with E-state index in [0.717, 1.165) is 0 Å². The number of anilines is 1. The number of aromatic nitrogens is 2. The van der Waals surface area contributed by atoms with E-state index >= 15 is 0 Å². The first kappa shape index (κ1) is 13.9. The molecule has 1 aromatic rings. The number of ether oxygens (including phenoxy) is 1. The summed E-state index contributed by atoms with van der Waals surface area (Å²) in [6.45, 7) is -0.283. The van der Waals surface area contributed by atoms with Crippen molar-refractivity contribution in [3.8, 4) is 0 Å². The summed E-state index contributed by atoms with van der Waals surface area (Å²) in [4.78, 5) is 15.0. The van der Waals surface area contributed by atoms with Crippen molar-refractivity contribution in [1.29, 1.82) is 0 Å². The lowest BCUT2D eigenvalue weighted by Gasteiger charge is -2.13. The van der Waals surface area contributed by atoms with Gasteiger partial charge in [-0.25, -0.2) is 4.79 Å². The van der Waals surface area contributed by atoms with Crippen LogP contribution in [0.5, 0.6) is 0 Å². The van der Waals surface area contributed by atoms with Crippen LogP contribution in [-0.2, 0) is 4.74 Å². The van der Waals surface area contributed by atoms with E-state index in [-0.39, 0.29) is 31.3 Å². The topological polar surface area (TPSA) is 111 Å². The fraction of sp³-hybridized carbons (Fsp3) is 0.556. The van der Waals surface area contributed by atoms with Crippen LogP contribution < -0.4 is 23.8 Å². The molecular formula is C9H13ClN3O4-. The zero-order valence-electron chi connectivity index (χ0n) is 8.86. The van der Waals surface area contributed by atoms with Crippen LogP contribution in [0, 0.1) is 0 Å². The Bertz CT molecular complexity index is 438. The number of rotatable bonds is 2. The SMILES string of the molecule is Nc1ccn(C2CC(O)C(CO)O2)c(=O)n1.[Cl-]. The van der Waals surface area contributed by atoms with Crippen LogP contribution in [0.2, 0.25) is 0 Å². The lowest BCUT2D eigenvalue weighted by Crippen LogP contribution is -3.00. The molecule has 2 heterocycles. The Hall–Kier alpha value is -1.15. The van der Waals surface area contributed by atoms with E-state index in [0.29, 0.717) is 0 Å². The molecule has 7 nitrogen and oxygen atoms in total. The third kappa shape index (κ3) is 2.75. The fourth-order valence-electron chi connectivity index (χ4n) is 1.70. The van der Waals surface area contributed by atoms with Gasteiger partial charge in [-0.05, 0) is 6.07 Å². The van der Waals surface area contributed by atoms with E-state index < -0.39 is 24.1 Å². The van der Waals surface area contributed by atoms with Crippen molar-refractivity contribution >= 4 is 5.82 Å². The highest BCUT2D eigenvalue weighted by molar-refractivity contribution is 5.23. The first-order chi connectivity index (χ1) is 7.61. The van der Waals surface area contributed by atoms with Crippen LogP contribution in [0.4, 0.5) is 5.82 Å². The van der Waals surface area contributed by atoms with E-state index in [9.17, 15) is 9.90 Å². The number of hydrogen-bond acceptors (Lipinski definition) is 6. The molecule has 1 aliphatic heterocycles. The average Bonchev–Trinajstić information content (AvgIpc) is 2.59. The quantitative estimate of drug-likeness (QED) is 0.495. The van der Waals surface area contributed by atoms with Crippen molar-refractivity contribution in [1.82, 2.24) is 9.55 Å². The second-order valence-electron chi connectivity index (χ2n) is 3.66. The maximum atomic E-state index is 11.5. The molecule has 0 aliphatic carbocycles. The summed E-state index contributed by atoms with van der Waals surface area (Å²) in [5.41, 5.74) is 4.82. The normalized spacial score (nSPS) is 27.8. The predicted octanol–water partition coefficient (Wildman–Crippen LogP) is -4.53. The van der Waals surface area contributed by atoms with Gasteiger partial charge >= 0.3 is 5.69 Å². The van der Waals surface area contributed by atoms with Crippen molar-refractivity contribution in [2.24, 2.45) is 0 Å². The molecule has 0 radical (unpaired) electrons. The minimum atomic E-state index is -0.778. The molecule has 8 heteroatoms. The standard InChI is InChI=1S/C9H13N3O4.ClH/c10-7-1-2-12(9(15)11-7)8-3-5(14)6(4-13)16-8;/h1-2,5-6,8,13-14H,3-4H2,(H2,10,11,15);1H/p-1. The highest BCUT2D eigenvalue weighted by Gasteiger charge is 2.34. The highest BCUT2D eigenvalue weighted by atomic mass is 35.5. The lowest BCUT2D eigenvalue weighted by atomic mass is 10.2. The molecule has 0 aromatic carbocycles. The minimum Gasteiger partial charge on any atom is -1.00 e. The molecule has 0 saturated carbocycles. The van der Waals surface area contributed by atoms with Crippen LogP contribution >= 0.6 is 0 Å². The number of hydrogen-bond donors (Lipinski definition) is 3. The molecule has 4 N–H and O–H groups in total. The second kappa shape index (κ2) is 5.46. The van der Waals surface area contributed by atoms with Crippen LogP contribution in [0.25, 0.3) is 0 Å². The lowest BCUT2D eigenvalue weighted by molar-refractivity contribution is -0.0458. The number of halogens is 1. The number of aliphatic hydroxyl groups is 2. The average molecular weight is 263 g/mol. The molecule has 1 aromatic heterocycles. The van der Waals surface area contributed by atoms with Crippen molar-refractivity contribution in [3.05, 3.63) is 22.7 Å². The van der Waals surface area contributed by atoms with Gasteiger partial charge in [0.05, 0.1) is 12.7 Å². The summed E-state index contributed by atoms with van der Waals surface area (Å²) in [5.74, 6) is 0.138. The molecule has 1 fully saturated rings. The Morgan fingerprint density at radius 2 is 2.35 bits per heavy atom. The molecule has 0 spiro atoms. The van der Waals surface area contributed by atoms with Crippen molar-refractivity contribution in [2.45, 2.75) is 24.9 Å². The molecule has 0 amide bonds. The molecule has 96 valence electrons. The van der Waals surface area contributed by atoms with Gasteiger partial charge in [0.15, 0.2) is 0 Å². The van der Waals surface area contributed by atoms with Crippen LogP contribution in [0.3, 0.4) is 0 Å². The molecule has 3 atom stereocenters.